The maximum atomic E-state index is 11.9. The Bertz CT molecular complexity index is 967. The molecule has 0 saturated heterocycles. The van der Waals surface area contributed by atoms with Crippen molar-refractivity contribution in [2.45, 2.75) is 25.6 Å². The van der Waals surface area contributed by atoms with Gasteiger partial charge in [0.2, 0.25) is 0 Å². The van der Waals surface area contributed by atoms with Crippen LogP contribution in [0.1, 0.15) is 16.8 Å². The molecule has 0 saturated carbocycles. The lowest BCUT2D eigenvalue weighted by Gasteiger charge is -2.33. The molecule has 1 aliphatic heterocycles. The molecule has 0 amide bonds. The van der Waals surface area contributed by atoms with Crippen molar-refractivity contribution in [1.29, 1.82) is 0 Å². The largest absolute Gasteiger partial charge is 0.480 e. The summed E-state index contributed by atoms with van der Waals surface area (Å²) in [7, 11) is 0. The van der Waals surface area contributed by atoms with Crippen LogP contribution in [0.5, 0.6) is 0 Å². The lowest BCUT2D eigenvalue weighted by atomic mass is 9.96. The van der Waals surface area contributed by atoms with Crippen LogP contribution in [0.25, 0.3) is 10.9 Å². The molecule has 0 aliphatic carbocycles. The molecular weight excluding hydrogens is 359 g/mol. The molecule has 0 fully saturated rings. The van der Waals surface area contributed by atoms with Gasteiger partial charge in [0.25, 0.3) is 0 Å². The SMILES string of the molecule is O=C(O)[C@@H]1Cc2c([nH]c3ccccc23)CN1Cc1ccc(Cl)cc1Cl. The summed E-state index contributed by atoms with van der Waals surface area (Å²) in [4.78, 5) is 17.2. The number of carboxylic acids is 1. The van der Waals surface area contributed by atoms with Crippen LogP contribution in [0.4, 0.5) is 0 Å². The van der Waals surface area contributed by atoms with Gasteiger partial charge in [-0.15, -0.1) is 0 Å². The molecule has 128 valence electrons. The number of hydrogen-bond donors (Lipinski definition) is 2. The Labute approximate surface area is 155 Å². The van der Waals surface area contributed by atoms with Gasteiger partial charge in [0, 0.05) is 46.2 Å². The molecule has 2 aromatic carbocycles. The van der Waals surface area contributed by atoms with E-state index in [1.807, 2.05) is 35.2 Å². The summed E-state index contributed by atoms with van der Waals surface area (Å²) in [6, 6.07) is 12.7. The number of fused-ring (bicyclic) bond motifs is 3. The second-order valence-electron chi connectivity index (χ2n) is 6.33. The van der Waals surface area contributed by atoms with Gasteiger partial charge in [-0.2, -0.15) is 0 Å². The minimum absolute atomic E-state index is 0.460. The minimum atomic E-state index is -0.819. The topological polar surface area (TPSA) is 56.3 Å². The van der Waals surface area contributed by atoms with Crippen molar-refractivity contribution in [3.8, 4) is 0 Å². The van der Waals surface area contributed by atoms with Crippen molar-refractivity contribution in [3.05, 3.63) is 69.3 Å². The van der Waals surface area contributed by atoms with Gasteiger partial charge in [-0.3, -0.25) is 9.69 Å². The van der Waals surface area contributed by atoms with E-state index >= 15 is 0 Å². The molecule has 0 radical (unpaired) electrons. The summed E-state index contributed by atoms with van der Waals surface area (Å²) >= 11 is 12.2. The van der Waals surface area contributed by atoms with Crippen LogP contribution in [-0.4, -0.2) is 27.0 Å². The summed E-state index contributed by atoms with van der Waals surface area (Å²) in [5, 5.41) is 12.0. The van der Waals surface area contributed by atoms with Gasteiger partial charge < -0.3 is 10.1 Å². The minimum Gasteiger partial charge on any atom is -0.480 e. The highest BCUT2D eigenvalue weighted by Gasteiger charge is 2.33. The highest BCUT2D eigenvalue weighted by Crippen LogP contribution is 2.32. The Morgan fingerprint density at radius 2 is 2.04 bits per heavy atom. The van der Waals surface area contributed by atoms with Gasteiger partial charge in [0.1, 0.15) is 6.04 Å². The van der Waals surface area contributed by atoms with Crippen LogP contribution in [0.2, 0.25) is 10.0 Å². The van der Waals surface area contributed by atoms with E-state index in [1.54, 1.807) is 12.1 Å². The van der Waals surface area contributed by atoms with Crippen molar-refractivity contribution in [2.75, 3.05) is 0 Å². The van der Waals surface area contributed by atoms with E-state index in [-0.39, 0.29) is 0 Å². The average Bonchev–Trinajstić information content (AvgIpc) is 2.94. The Balaban J connectivity index is 1.70. The van der Waals surface area contributed by atoms with Crippen molar-refractivity contribution in [2.24, 2.45) is 0 Å². The van der Waals surface area contributed by atoms with Crippen LogP contribution in [-0.2, 0) is 24.3 Å². The first-order valence-corrected chi connectivity index (χ1v) is 8.78. The number of hydrogen-bond acceptors (Lipinski definition) is 2. The fraction of sp³-hybridized carbons (Fsp3) is 0.211. The summed E-state index contributed by atoms with van der Waals surface area (Å²) in [5.41, 5.74) is 4.09. The molecular formula is C19H16Cl2N2O2. The third-order valence-corrected chi connectivity index (χ3v) is 5.36. The number of benzene rings is 2. The predicted molar refractivity (Wildman–Crippen MR) is 99.1 cm³/mol. The Hall–Kier alpha value is -2.01. The van der Waals surface area contributed by atoms with Crippen LogP contribution in [0.3, 0.4) is 0 Å². The van der Waals surface area contributed by atoms with Crippen molar-refractivity contribution in [3.63, 3.8) is 0 Å². The Morgan fingerprint density at radius 1 is 1.24 bits per heavy atom. The van der Waals surface area contributed by atoms with Crippen LogP contribution in [0, 0.1) is 0 Å². The zero-order valence-corrected chi connectivity index (χ0v) is 14.8. The molecule has 1 aliphatic rings. The second-order valence-corrected chi connectivity index (χ2v) is 7.17. The lowest BCUT2D eigenvalue weighted by molar-refractivity contribution is -0.144. The number of para-hydroxylation sites is 1. The van der Waals surface area contributed by atoms with Gasteiger partial charge in [0.05, 0.1) is 0 Å². The van der Waals surface area contributed by atoms with Crippen molar-refractivity contribution < 1.29 is 9.90 Å². The number of carboxylic acid groups (broad SMARTS) is 1. The van der Waals surface area contributed by atoms with Gasteiger partial charge >= 0.3 is 5.97 Å². The van der Waals surface area contributed by atoms with E-state index in [1.165, 1.54) is 0 Å². The van der Waals surface area contributed by atoms with Gasteiger partial charge in [-0.1, -0.05) is 47.5 Å². The number of nitrogens with one attached hydrogen (secondary N) is 1. The van der Waals surface area contributed by atoms with Crippen LogP contribution >= 0.6 is 23.2 Å². The highest BCUT2D eigenvalue weighted by atomic mass is 35.5. The van der Waals surface area contributed by atoms with E-state index in [2.05, 4.69) is 4.98 Å². The van der Waals surface area contributed by atoms with Gasteiger partial charge in [-0.25, -0.2) is 0 Å². The Kier molecular flexibility index (Phi) is 4.20. The van der Waals surface area contributed by atoms with Gasteiger partial charge in [-0.05, 0) is 29.3 Å². The predicted octanol–water partition coefficient (Wildman–Crippen LogP) is 4.49. The number of rotatable bonds is 3. The maximum Gasteiger partial charge on any atom is 0.321 e. The average molecular weight is 375 g/mol. The fourth-order valence-corrected chi connectivity index (χ4v) is 4.01. The monoisotopic (exact) mass is 374 g/mol. The molecule has 6 heteroatoms. The molecule has 0 spiro atoms. The molecule has 2 heterocycles. The molecule has 0 bridgehead atoms. The molecule has 1 aromatic heterocycles. The van der Waals surface area contributed by atoms with Crippen molar-refractivity contribution >= 4 is 40.1 Å². The highest BCUT2D eigenvalue weighted by molar-refractivity contribution is 6.35. The second kappa shape index (κ2) is 6.37. The van der Waals surface area contributed by atoms with Crippen LogP contribution < -0.4 is 0 Å². The maximum absolute atomic E-state index is 11.9. The number of halogens is 2. The summed E-state index contributed by atoms with van der Waals surface area (Å²) < 4.78 is 0. The third-order valence-electron chi connectivity index (χ3n) is 4.78. The standard InChI is InChI=1S/C19H16Cl2N2O2/c20-12-6-5-11(15(21)7-12)9-23-10-17-14(8-18(23)19(24)25)13-3-1-2-4-16(13)22-17/h1-7,18,22H,8-10H2,(H,24,25)/t18-/m0/s1. The van der Waals surface area contributed by atoms with E-state index in [9.17, 15) is 9.90 Å². The number of aliphatic carboxylic acids is 1. The third kappa shape index (κ3) is 3.01. The fourth-order valence-electron chi connectivity index (χ4n) is 3.54. The van der Waals surface area contributed by atoms with E-state index in [0.29, 0.717) is 29.6 Å². The lowest BCUT2D eigenvalue weighted by Crippen LogP contribution is -2.45. The molecule has 4 nitrogen and oxygen atoms in total. The Morgan fingerprint density at radius 3 is 2.80 bits per heavy atom. The smallest absolute Gasteiger partial charge is 0.321 e. The normalized spacial score (nSPS) is 17.6. The molecule has 0 unspecified atom stereocenters. The number of aromatic nitrogens is 1. The first kappa shape index (κ1) is 16.5. The molecule has 3 aromatic rings. The summed E-state index contributed by atoms with van der Waals surface area (Å²) in [5.74, 6) is -0.819. The molecule has 25 heavy (non-hydrogen) atoms. The first-order chi connectivity index (χ1) is 12.0. The molecule has 4 rings (SSSR count). The zero-order valence-electron chi connectivity index (χ0n) is 13.3. The van der Waals surface area contributed by atoms with Crippen LogP contribution in [0.15, 0.2) is 42.5 Å². The van der Waals surface area contributed by atoms with Crippen molar-refractivity contribution in [1.82, 2.24) is 9.88 Å². The van der Waals surface area contributed by atoms with E-state index < -0.39 is 12.0 Å². The first-order valence-electron chi connectivity index (χ1n) is 8.02. The van der Waals surface area contributed by atoms with E-state index in [4.69, 9.17) is 23.2 Å². The van der Waals surface area contributed by atoms with E-state index in [0.717, 1.165) is 27.7 Å². The summed E-state index contributed by atoms with van der Waals surface area (Å²) in [6.45, 7) is 1.00. The molecule has 1 atom stereocenters. The van der Waals surface area contributed by atoms with Gasteiger partial charge in [0.15, 0.2) is 0 Å². The summed E-state index contributed by atoms with van der Waals surface area (Å²) in [6.07, 6.45) is 0.472. The number of carbonyl (C=O) groups is 1. The zero-order chi connectivity index (χ0) is 17.6. The number of nitrogens with zero attached hydrogens (tertiary/aromatic N) is 1. The quantitative estimate of drug-likeness (QED) is 0.710. The number of aromatic amines is 1. The number of H-pyrrole nitrogens is 1. The molecule has 2 N–H and O–H groups in total.